The molecule has 0 N–H and O–H groups in total. The molecule has 2 aromatic rings. The molecule has 0 amide bonds. The summed E-state index contributed by atoms with van der Waals surface area (Å²) in [5, 5.41) is 0. The van der Waals surface area contributed by atoms with Crippen molar-refractivity contribution in [3.05, 3.63) is 74.7 Å². The summed E-state index contributed by atoms with van der Waals surface area (Å²) in [5.74, 6) is -1.54. The third-order valence-corrected chi connectivity index (χ3v) is 10.7. The Hall–Kier alpha value is -2.62. The van der Waals surface area contributed by atoms with Crippen LogP contribution in [0.5, 0.6) is 0 Å². The maximum Gasteiger partial charge on any atom is 0.197 e. The maximum atomic E-state index is 13.9. The second-order valence-electron chi connectivity index (χ2n) is 10.0. The zero-order valence-electron chi connectivity index (χ0n) is 21.5. The maximum absolute atomic E-state index is 13.9. The van der Waals surface area contributed by atoms with Crippen LogP contribution in [0.2, 0.25) is 0 Å². The molecule has 2 aromatic carbocycles. The quantitative estimate of drug-likeness (QED) is 0.365. The fourth-order valence-electron chi connectivity index (χ4n) is 5.32. The number of hydrogen-bond donors (Lipinski definition) is 0. The lowest BCUT2D eigenvalue weighted by molar-refractivity contribution is -0.115. The van der Waals surface area contributed by atoms with Gasteiger partial charge in [0.05, 0.1) is 39.1 Å². The smallest absolute Gasteiger partial charge is 0.197 e. The summed E-state index contributed by atoms with van der Waals surface area (Å²) in [6, 6.07) is 10.1. The second kappa shape index (κ2) is 10.3. The Morgan fingerprint density at radius 3 is 2.43 bits per heavy atom. The SMILES string of the molecule is Cc1cc(C(=O)C2=C(S(=O)(=O)Cc3ccccc3)CCCC2=O)c(C)c2c1S(=O)(=O)CCC2OC(C)C. The molecule has 0 saturated heterocycles. The van der Waals surface area contributed by atoms with Crippen molar-refractivity contribution < 1.29 is 31.2 Å². The van der Waals surface area contributed by atoms with Gasteiger partial charge in [-0.1, -0.05) is 30.3 Å². The third kappa shape index (κ3) is 5.35. The number of ether oxygens (including phenoxy) is 1. The number of allylic oxidation sites excluding steroid dienone is 2. The van der Waals surface area contributed by atoms with Crippen molar-refractivity contribution in [2.45, 2.75) is 76.2 Å². The molecule has 7 nitrogen and oxygen atoms in total. The molecule has 1 aliphatic heterocycles. The second-order valence-corrected chi connectivity index (χ2v) is 14.1. The molecule has 1 heterocycles. The summed E-state index contributed by atoms with van der Waals surface area (Å²) in [5.41, 5.74) is 1.64. The highest BCUT2D eigenvalue weighted by Gasteiger charge is 2.39. The van der Waals surface area contributed by atoms with Gasteiger partial charge < -0.3 is 4.74 Å². The normalized spacial score (nSPS) is 19.7. The van der Waals surface area contributed by atoms with Gasteiger partial charge in [-0.25, -0.2) is 16.8 Å². The number of hydrogen-bond acceptors (Lipinski definition) is 7. The Morgan fingerprint density at radius 2 is 1.78 bits per heavy atom. The number of fused-ring (bicyclic) bond motifs is 1. The van der Waals surface area contributed by atoms with Gasteiger partial charge in [0.2, 0.25) is 0 Å². The zero-order chi connectivity index (χ0) is 27.1. The summed E-state index contributed by atoms with van der Waals surface area (Å²) >= 11 is 0. The Morgan fingerprint density at radius 1 is 1.11 bits per heavy atom. The van der Waals surface area contributed by atoms with E-state index in [4.69, 9.17) is 4.74 Å². The lowest BCUT2D eigenvalue weighted by Gasteiger charge is -2.31. The highest BCUT2D eigenvalue weighted by molar-refractivity contribution is 7.94. The summed E-state index contributed by atoms with van der Waals surface area (Å²) in [6.07, 6.45) is 0.102. The van der Waals surface area contributed by atoms with Crippen molar-refractivity contribution in [3.8, 4) is 0 Å². The fraction of sp³-hybridized carbons (Fsp3) is 0.429. The van der Waals surface area contributed by atoms with E-state index in [-0.39, 0.29) is 57.8 Å². The number of sulfone groups is 2. The van der Waals surface area contributed by atoms with E-state index < -0.39 is 37.3 Å². The van der Waals surface area contributed by atoms with Crippen molar-refractivity contribution in [3.63, 3.8) is 0 Å². The molecule has 1 atom stereocenters. The first-order valence-corrected chi connectivity index (χ1v) is 15.7. The van der Waals surface area contributed by atoms with E-state index >= 15 is 0 Å². The summed E-state index contributed by atoms with van der Waals surface area (Å²) in [7, 11) is -7.52. The van der Waals surface area contributed by atoms with Crippen LogP contribution in [0.1, 0.15) is 78.2 Å². The minimum atomic E-state index is -3.94. The molecule has 9 heteroatoms. The molecular formula is C28H32O7S2. The van der Waals surface area contributed by atoms with Gasteiger partial charge in [0.15, 0.2) is 31.2 Å². The minimum Gasteiger partial charge on any atom is -0.371 e. The predicted octanol–water partition coefficient (Wildman–Crippen LogP) is 4.75. The van der Waals surface area contributed by atoms with Crippen LogP contribution in [0.3, 0.4) is 0 Å². The molecule has 1 aliphatic carbocycles. The molecular weight excluding hydrogens is 512 g/mol. The fourth-order valence-corrected chi connectivity index (χ4v) is 9.00. The minimum absolute atomic E-state index is 0.0591. The Bertz CT molecular complexity index is 1500. The number of aryl methyl sites for hydroxylation is 1. The Labute approximate surface area is 218 Å². The van der Waals surface area contributed by atoms with E-state index in [0.29, 0.717) is 28.7 Å². The van der Waals surface area contributed by atoms with E-state index in [1.807, 2.05) is 13.8 Å². The van der Waals surface area contributed by atoms with Crippen LogP contribution in [0, 0.1) is 13.8 Å². The zero-order valence-corrected chi connectivity index (χ0v) is 23.2. The molecule has 198 valence electrons. The molecule has 0 saturated carbocycles. The Kier molecular flexibility index (Phi) is 7.61. The molecule has 37 heavy (non-hydrogen) atoms. The number of benzene rings is 2. The molecule has 0 spiro atoms. The van der Waals surface area contributed by atoms with Crippen LogP contribution in [0.15, 0.2) is 51.8 Å². The van der Waals surface area contributed by atoms with Crippen molar-refractivity contribution in [2.75, 3.05) is 5.75 Å². The average Bonchev–Trinajstić information content (AvgIpc) is 2.82. The van der Waals surface area contributed by atoms with Gasteiger partial charge in [0, 0.05) is 17.5 Å². The lowest BCUT2D eigenvalue weighted by Crippen LogP contribution is -2.28. The number of ketones is 2. The highest BCUT2D eigenvalue weighted by atomic mass is 32.2. The van der Waals surface area contributed by atoms with Gasteiger partial charge >= 0.3 is 0 Å². The van der Waals surface area contributed by atoms with Crippen molar-refractivity contribution in [2.24, 2.45) is 0 Å². The van der Waals surface area contributed by atoms with Gasteiger partial charge in [-0.05, 0) is 69.7 Å². The van der Waals surface area contributed by atoms with E-state index in [2.05, 4.69) is 0 Å². The number of rotatable bonds is 7. The standard InChI is InChI=1S/C28H32O7S2/c1-17(2)35-23-13-14-36(31,32)28-18(3)15-21(19(4)25(23)28)27(30)26-22(29)11-8-12-24(26)37(33,34)16-20-9-6-5-7-10-20/h5-7,9-10,15,17,23H,8,11-14,16H2,1-4H3. The van der Waals surface area contributed by atoms with Crippen molar-refractivity contribution in [1.82, 2.24) is 0 Å². The van der Waals surface area contributed by atoms with Gasteiger partial charge in [-0.3, -0.25) is 9.59 Å². The molecule has 0 radical (unpaired) electrons. The van der Waals surface area contributed by atoms with Crippen molar-refractivity contribution >= 4 is 31.2 Å². The largest absolute Gasteiger partial charge is 0.371 e. The van der Waals surface area contributed by atoms with Crippen LogP contribution in [0.4, 0.5) is 0 Å². The molecule has 0 bridgehead atoms. The molecule has 0 fully saturated rings. The Balaban J connectivity index is 1.89. The van der Waals surface area contributed by atoms with Crippen LogP contribution in [-0.2, 0) is 35.0 Å². The topological polar surface area (TPSA) is 112 Å². The van der Waals surface area contributed by atoms with E-state index in [1.54, 1.807) is 44.2 Å². The highest BCUT2D eigenvalue weighted by Crippen LogP contribution is 2.42. The lowest BCUT2D eigenvalue weighted by atomic mass is 9.86. The number of carbonyl (C=O) groups excluding carboxylic acids is 2. The van der Waals surface area contributed by atoms with E-state index in [0.717, 1.165) is 0 Å². The molecule has 1 unspecified atom stereocenters. The van der Waals surface area contributed by atoms with Gasteiger partial charge in [-0.2, -0.15) is 0 Å². The van der Waals surface area contributed by atoms with Crippen LogP contribution in [-0.4, -0.2) is 40.3 Å². The van der Waals surface area contributed by atoms with Crippen LogP contribution >= 0.6 is 0 Å². The van der Waals surface area contributed by atoms with Gasteiger partial charge in [0.25, 0.3) is 0 Å². The first kappa shape index (κ1) is 27.4. The van der Waals surface area contributed by atoms with Gasteiger partial charge in [0.1, 0.15) is 0 Å². The van der Waals surface area contributed by atoms with E-state index in [1.165, 1.54) is 6.07 Å². The van der Waals surface area contributed by atoms with Crippen molar-refractivity contribution in [1.29, 1.82) is 0 Å². The average molecular weight is 545 g/mol. The first-order valence-electron chi connectivity index (χ1n) is 12.4. The number of Topliss-reactive ketones (excluding diaryl/α,β-unsaturated/α-hetero) is 2. The molecule has 0 aromatic heterocycles. The third-order valence-electron chi connectivity index (χ3n) is 6.90. The molecule has 2 aliphatic rings. The molecule has 4 rings (SSSR count). The van der Waals surface area contributed by atoms with E-state index in [9.17, 15) is 26.4 Å². The predicted molar refractivity (Wildman–Crippen MR) is 141 cm³/mol. The summed E-state index contributed by atoms with van der Waals surface area (Å²) < 4.78 is 58.9. The summed E-state index contributed by atoms with van der Waals surface area (Å²) in [4.78, 5) is 27.0. The van der Waals surface area contributed by atoms with Gasteiger partial charge in [-0.15, -0.1) is 0 Å². The van der Waals surface area contributed by atoms with Crippen LogP contribution < -0.4 is 0 Å². The summed E-state index contributed by atoms with van der Waals surface area (Å²) in [6.45, 7) is 6.98. The number of carbonyl (C=O) groups is 2. The van der Waals surface area contributed by atoms with Crippen LogP contribution in [0.25, 0.3) is 0 Å². The first-order chi connectivity index (χ1) is 17.3. The monoisotopic (exact) mass is 544 g/mol.